The van der Waals surface area contributed by atoms with Crippen LogP contribution in [0.5, 0.6) is 0 Å². The molecule has 1 aromatic carbocycles. The van der Waals surface area contributed by atoms with Gasteiger partial charge in [0.05, 0.1) is 6.07 Å². The van der Waals surface area contributed by atoms with Gasteiger partial charge in [-0.3, -0.25) is 0 Å². The Morgan fingerprint density at radius 2 is 2.13 bits per heavy atom. The van der Waals surface area contributed by atoms with Crippen molar-refractivity contribution in [3.63, 3.8) is 0 Å². The van der Waals surface area contributed by atoms with Crippen molar-refractivity contribution < 1.29 is 0 Å². The largest absolute Gasteiger partial charge is 0.205 e. The first-order valence-electron chi connectivity index (χ1n) is 4.31. The summed E-state index contributed by atoms with van der Waals surface area (Å²) in [4.78, 5) is 0. The van der Waals surface area contributed by atoms with Gasteiger partial charge in [-0.25, -0.2) is 0 Å². The number of allylic oxidation sites excluding steroid dienone is 1. The molecular weight excluding hydrogens is 190 g/mol. The molecule has 1 heterocycles. The van der Waals surface area contributed by atoms with E-state index in [0.717, 1.165) is 5.56 Å². The van der Waals surface area contributed by atoms with Gasteiger partial charge in [-0.1, -0.05) is 30.3 Å². The van der Waals surface area contributed by atoms with Gasteiger partial charge < -0.3 is 0 Å². The second-order valence-corrected chi connectivity index (χ2v) is 2.79. The van der Waals surface area contributed by atoms with Gasteiger partial charge in [0.15, 0.2) is 0 Å². The summed E-state index contributed by atoms with van der Waals surface area (Å²) < 4.78 is 0. The molecule has 0 fully saturated rings. The molecule has 2 aromatic rings. The van der Waals surface area contributed by atoms with E-state index in [9.17, 15) is 0 Å². The number of aromatic nitrogens is 4. The van der Waals surface area contributed by atoms with E-state index in [4.69, 9.17) is 5.26 Å². The predicted octanol–water partition coefficient (Wildman–Crippen LogP) is 1.15. The number of nitrogens with one attached hydrogen (secondary N) is 1. The van der Waals surface area contributed by atoms with Crippen molar-refractivity contribution in [1.29, 1.82) is 5.26 Å². The molecule has 0 saturated carbocycles. The lowest BCUT2D eigenvalue weighted by molar-refractivity contribution is 0.881. The average Bonchev–Trinajstić information content (AvgIpc) is 2.80. The second kappa shape index (κ2) is 4.15. The van der Waals surface area contributed by atoms with Crippen LogP contribution in [0.3, 0.4) is 0 Å². The number of benzene rings is 1. The number of aromatic amines is 1. The highest BCUT2D eigenvalue weighted by molar-refractivity contribution is 5.77. The lowest BCUT2D eigenvalue weighted by atomic mass is 10.1. The molecule has 0 aliphatic heterocycles. The minimum Gasteiger partial charge on any atom is -0.193 e. The smallest absolute Gasteiger partial charge is 0.193 e. The van der Waals surface area contributed by atoms with Crippen LogP contribution in [0.15, 0.2) is 36.4 Å². The van der Waals surface area contributed by atoms with E-state index in [-0.39, 0.29) is 0 Å². The Kier molecular flexibility index (Phi) is 2.52. The molecule has 2 rings (SSSR count). The highest BCUT2D eigenvalue weighted by Gasteiger charge is 2.08. The maximum atomic E-state index is 8.68. The maximum Gasteiger partial charge on any atom is 0.205 e. The molecule has 1 N–H and O–H groups in total. The van der Waals surface area contributed by atoms with Crippen LogP contribution < -0.4 is 0 Å². The van der Waals surface area contributed by atoms with Gasteiger partial charge in [-0.2, -0.15) is 10.5 Å². The van der Waals surface area contributed by atoms with E-state index in [2.05, 4.69) is 20.6 Å². The molecule has 72 valence electrons. The van der Waals surface area contributed by atoms with Crippen molar-refractivity contribution in [2.24, 2.45) is 0 Å². The Bertz CT molecular complexity index is 492. The van der Waals surface area contributed by atoms with Gasteiger partial charge in [0.1, 0.15) is 0 Å². The van der Waals surface area contributed by atoms with Crippen molar-refractivity contribution in [3.8, 4) is 6.07 Å². The molecule has 5 heteroatoms. The SMILES string of the molecule is N#C/C=C(/c1ccccc1)c1nn[nH]n1. The lowest BCUT2D eigenvalue weighted by Gasteiger charge is -1.99. The van der Waals surface area contributed by atoms with Gasteiger partial charge in [0.2, 0.25) is 5.82 Å². The maximum absolute atomic E-state index is 8.68. The molecule has 0 unspecified atom stereocenters. The molecule has 0 saturated heterocycles. The standard InChI is InChI=1S/C10H7N5/c11-7-6-9(10-12-14-15-13-10)8-4-2-1-3-5-8/h1-6H,(H,12,13,14,15)/b9-6-. The minimum absolute atomic E-state index is 0.419. The average molecular weight is 197 g/mol. The fourth-order valence-electron chi connectivity index (χ4n) is 1.24. The topological polar surface area (TPSA) is 78.2 Å². The van der Waals surface area contributed by atoms with Crippen molar-refractivity contribution in [2.75, 3.05) is 0 Å². The van der Waals surface area contributed by atoms with Crippen LogP contribution in [-0.4, -0.2) is 20.6 Å². The monoisotopic (exact) mass is 197 g/mol. The molecule has 0 amide bonds. The summed E-state index contributed by atoms with van der Waals surface area (Å²) in [5, 5.41) is 22.2. The van der Waals surface area contributed by atoms with Crippen LogP contribution in [-0.2, 0) is 0 Å². The van der Waals surface area contributed by atoms with Crippen molar-refractivity contribution in [1.82, 2.24) is 20.6 Å². The van der Waals surface area contributed by atoms with Gasteiger partial charge in [-0.15, -0.1) is 10.2 Å². The van der Waals surface area contributed by atoms with Crippen LogP contribution in [0.4, 0.5) is 0 Å². The summed E-state index contributed by atoms with van der Waals surface area (Å²) in [5.41, 5.74) is 1.55. The summed E-state index contributed by atoms with van der Waals surface area (Å²) in [6, 6.07) is 11.4. The fraction of sp³-hybridized carbons (Fsp3) is 0. The quantitative estimate of drug-likeness (QED) is 0.732. The number of nitriles is 1. The Balaban J connectivity index is 2.48. The minimum atomic E-state index is 0.419. The van der Waals surface area contributed by atoms with Crippen LogP contribution in [0.2, 0.25) is 0 Å². The van der Waals surface area contributed by atoms with Crippen molar-refractivity contribution in [3.05, 3.63) is 47.8 Å². The highest BCUT2D eigenvalue weighted by Crippen LogP contribution is 2.18. The van der Waals surface area contributed by atoms with Gasteiger partial charge in [0.25, 0.3) is 0 Å². The fourth-order valence-corrected chi connectivity index (χ4v) is 1.24. The molecule has 1 aromatic heterocycles. The van der Waals surface area contributed by atoms with Crippen LogP contribution in [0, 0.1) is 11.3 Å². The molecule has 15 heavy (non-hydrogen) atoms. The molecule has 0 aliphatic rings. The number of nitrogens with zero attached hydrogens (tertiary/aromatic N) is 4. The summed E-state index contributed by atoms with van der Waals surface area (Å²) in [5.74, 6) is 0.419. The zero-order chi connectivity index (χ0) is 10.5. The van der Waals surface area contributed by atoms with Crippen molar-refractivity contribution >= 4 is 5.57 Å². The zero-order valence-electron chi connectivity index (χ0n) is 7.75. The van der Waals surface area contributed by atoms with E-state index >= 15 is 0 Å². The van der Waals surface area contributed by atoms with Crippen molar-refractivity contribution in [2.45, 2.75) is 0 Å². The molecule has 0 atom stereocenters. The Morgan fingerprint density at radius 1 is 1.33 bits per heavy atom. The molecule has 5 nitrogen and oxygen atoms in total. The van der Waals surface area contributed by atoms with Crippen LogP contribution in [0.25, 0.3) is 5.57 Å². The van der Waals surface area contributed by atoms with E-state index in [1.807, 2.05) is 36.4 Å². The van der Waals surface area contributed by atoms with Gasteiger partial charge in [0, 0.05) is 11.6 Å². The first kappa shape index (κ1) is 9.09. The number of hydrogen-bond donors (Lipinski definition) is 1. The van der Waals surface area contributed by atoms with Gasteiger partial charge >= 0.3 is 0 Å². The number of H-pyrrole nitrogens is 1. The molecule has 0 radical (unpaired) electrons. The summed E-state index contributed by atoms with van der Waals surface area (Å²) in [6.07, 6.45) is 1.40. The second-order valence-electron chi connectivity index (χ2n) is 2.79. The number of rotatable bonds is 2. The van der Waals surface area contributed by atoms with Crippen LogP contribution >= 0.6 is 0 Å². The number of hydrogen-bond acceptors (Lipinski definition) is 4. The third-order valence-corrected chi connectivity index (χ3v) is 1.88. The molecule has 0 bridgehead atoms. The third kappa shape index (κ3) is 1.89. The van der Waals surface area contributed by atoms with Crippen LogP contribution in [0.1, 0.15) is 11.4 Å². The first-order valence-corrected chi connectivity index (χ1v) is 4.31. The third-order valence-electron chi connectivity index (χ3n) is 1.88. The van der Waals surface area contributed by atoms with E-state index in [1.165, 1.54) is 6.08 Å². The predicted molar refractivity (Wildman–Crippen MR) is 53.3 cm³/mol. The number of tetrazole rings is 1. The Hall–Kier alpha value is -2.48. The van der Waals surface area contributed by atoms with Gasteiger partial charge in [-0.05, 0) is 10.8 Å². The first-order chi connectivity index (χ1) is 7.42. The summed E-state index contributed by atoms with van der Waals surface area (Å²) in [6.45, 7) is 0. The molecule has 0 spiro atoms. The summed E-state index contributed by atoms with van der Waals surface area (Å²) in [7, 11) is 0. The van der Waals surface area contributed by atoms with E-state index in [1.54, 1.807) is 0 Å². The Labute approximate surface area is 86.1 Å². The van der Waals surface area contributed by atoms with E-state index in [0.29, 0.717) is 11.4 Å². The highest BCUT2D eigenvalue weighted by atomic mass is 15.5. The van der Waals surface area contributed by atoms with E-state index < -0.39 is 0 Å². The normalized spacial score (nSPS) is 11.0. The molecule has 0 aliphatic carbocycles. The molecular formula is C10H7N5. The zero-order valence-corrected chi connectivity index (χ0v) is 7.75. The summed E-state index contributed by atoms with van der Waals surface area (Å²) >= 11 is 0. The Morgan fingerprint density at radius 3 is 2.73 bits per heavy atom. The lowest BCUT2D eigenvalue weighted by Crippen LogP contribution is -1.90.